The Morgan fingerprint density at radius 2 is 2.29 bits per heavy atom. The second-order valence-electron chi connectivity index (χ2n) is 3.23. The second kappa shape index (κ2) is 4.24. The van der Waals surface area contributed by atoms with Gasteiger partial charge in [0.15, 0.2) is 6.29 Å². The highest BCUT2D eigenvalue weighted by Gasteiger charge is 2.21. The predicted octanol–water partition coefficient (Wildman–Crippen LogP) is 1.49. The van der Waals surface area contributed by atoms with Crippen molar-refractivity contribution in [2.24, 2.45) is 0 Å². The van der Waals surface area contributed by atoms with Crippen molar-refractivity contribution in [1.29, 1.82) is 0 Å². The molecule has 0 aromatic heterocycles. The van der Waals surface area contributed by atoms with E-state index in [2.05, 4.69) is 0 Å². The lowest BCUT2D eigenvalue weighted by Gasteiger charge is -2.16. The summed E-state index contributed by atoms with van der Waals surface area (Å²) >= 11 is 0. The minimum absolute atomic E-state index is 0.512. The molecule has 0 aliphatic carbocycles. The van der Waals surface area contributed by atoms with E-state index >= 15 is 0 Å². The molecule has 1 aromatic carbocycles. The van der Waals surface area contributed by atoms with Crippen LogP contribution in [0.2, 0.25) is 0 Å². The smallest absolute Gasteiger partial charge is 0.155 e. The van der Waals surface area contributed by atoms with Gasteiger partial charge >= 0.3 is 0 Å². The Bertz CT molecular complexity index is 318. The highest BCUT2D eigenvalue weighted by Crippen LogP contribution is 2.22. The van der Waals surface area contributed by atoms with E-state index in [-0.39, 0.29) is 0 Å². The number of hydrogen-bond acceptors (Lipinski definition) is 3. The Balaban J connectivity index is 2.99. The summed E-state index contributed by atoms with van der Waals surface area (Å²) in [6, 6.07) is 6.89. The molecule has 0 saturated heterocycles. The number of aldehydes is 1. The molecule has 0 aliphatic rings. The normalized spacial score (nSPS) is 14.5. The molecule has 1 atom stereocenters. The lowest BCUT2D eigenvalue weighted by molar-refractivity contribution is -0.123. The topological polar surface area (TPSA) is 46.5 Å². The van der Waals surface area contributed by atoms with Crippen LogP contribution in [0.5, 0.6) is 5.75 Å². The Hall–Kier alpha value is -1.35. The molecular weight excluding hydrogens is 180 g/mol. The molecule has 0 heterocycles. The Kier molecular flexibility index (Phi) is 3.25. The summed E-state index contributed by atoms with van der Waals surface area (Å²) in [6.45, 7) is 3.89. The molecule has 1 unspecified atom stereocenters. The monoisotopic (exact) mass is 194 g/mol. The van der Waals surface area contributed by atoms with Gasteiger partial charge < -0.3 is 9.84 Å². The third-order valence-electron chi connectivity index (χ3n) is 1.96. The van der Waals surface area contributed by atoms with Crippen LogP contribution in [-0.4, -0.2) is 18.0 Å². The van der Waals surface area contributed by atoms with E-state index in [0.717, 1.165) is 0 Å². The first-order valence-corrected chi connectivity index (χ1v) is 4.52. The first kappa shape index (κ1) is 10.7. The maximum atomic E-state index is 10.6. The third kappa shape index (κ3) is 2.33. The number of benzene rings is 1. The molecule has 1 N–H and O–H groups in total. The molecule has 76 valence electrons. The van der Waals surface area contributed by atoms with Gasteiger partial charge in [0, 0.05) is 0 Å². The van der Waals surface area contributed by atoms with Crippen LogP contribution < -0.4 is 4.74 Å². The molecule has 0 bridgehead atoms. The van der Waals surface area contributed by atoms with E-state index in [1.165, 1.54) is 6.92 Å². The highest BCUT2D eigenvalue weighted by molar-refractivity contribution is 5.65. The largest absolute Gasteiger partial charge is 0.494 e. The van der Waals surface area contributed by atoms with Crippen molar-refractivity contribution in [3.8, 4) is 5.75 Å². The molecule has 3 heteroatoms. The average molecular weight is 194 g/mol. The first-order chi connectivity index (χ1) is 6.60. The third-order valence-corrected chi connectivity index (χ3v) is 1.96. The fourth-order valence-electron chi connectivity index (χ4n) is 1.14. The first-order valence-electron chi connectivity index (χ1n) is 4.52. The average Bonchev–Trinajstić information content (AvgIpc) is 2.19. The van der Waals surface area contributed by atoms with Gasteiger partial charge in [0.25, 0.3) is 0 Å². The lowest BCUT2D eigenvalue weighted by Crippen LogP contribution is -2.22. The molecule has 0 amide bonds. The second-order valence-corrected chi connectivity index (χ2v) is 3.23. The van der Waals surface area contributed by atoms with Crippen molar-refractivity contribution in [2.75, 3.05) is 6.61 Å². The molecule has 0 fully saturated rings. The van der Waals surface area contributed by atoms with Crippen LogP contribution >= 0.6 is 0 Å². The van der Waals surface area contributed by atoms with Gasteiger partial charge in [-0.05, 0) is 31.5 Å². The van der Waals surface area contributed by atoms with Gasteiger partial charge in [-0.25, -0.2) is 0 Å². The van der Waals surface area contributed by atoms with Crippen molar-refractivity contribution < 1.29 is 14.6 Å². The fourth-order valence-corrected chi connectivity index (χ4v) is 1.14. The molecule has 0 spiro atoms. The quantitative estimate of drug-likeness (QED) is 0.739. The summed E-state index contributed by atoms with van der Waals surface area (Å²) in [5, 5.41) is 9.66. The minimum Gasteiger partial charge on any atom is -0.494 e. The van der Waals surface area contributed by atoms with Crippen molar-refractivity contribution in [1.82, 2.24) is 0 Å². The molecule has 14 heavy (non-hydrogen) atoms. The van der Waals surface area contributed by atoms with Crippen LogP contribution in [0.15, 0.2) is 24.3 Å². The molecule has 1 rings (SSSR count). The van der Waals surface area contributed by atoms with Crippen LogP contribution in [-0.2, 0) is 10.4 Å². The van der Waals surface area contributed by atoms with Crippen molar-refractivity contribution in [3.05, 3.63) is 29.8 Å². The number of hydrogen-bond donors (Lipinski definition) is 1. The number of carbonyl (C=O) groups excluding carboxylic acids is 1. The Morgan fingerprint density at radius 3 is 2.86 bits per heavy atom. The standard InChI is InChI=1S/C11H14O3/c1-3-14-10-6-4-5-9(7-10)11(2,13)8-12/h4-8,13H,3H2,1-2H3. The van der Waals surface area contributed by atoms with Crippen molar-refractivity contribution in [2.45, 2.75) is 19.4 Å². The van der Waals surface area contributed by atoms with Gasteiger partial charge in [-0.15, -0.1) is 0 Å². The minimum atomic E-state index is -1.44. The number of aliphatic hydroxyl groups is 1. The summed E-state index contributed by atoms with van der Waals surface area (Å²) in [7, 11) is 0. The molecule has 3 nitrogen and oxygen atoms in total. The number of carbonyl (C=O) groups is 1. The molecular formula is C11H14O3. The van der Waals surface area contributed by atoms with E-state index in [9.17, 15) is 9.90 Å². The molecule has 0 radical (unpaired) electrons. The van der Waals surface area contributed by atoms with E-state index in [1.807, 2.05) is 6.92 Å². The Labute approximate surface area is 83.3 Å². The SMILES string of the molecule is CCOc1cccc(C(C)(O)C=O)c1. The van der Waals surface area contributed by atoms with Crippen LogP contribution in [0.1, 0.15) is 19.4 Å². The van der Waals surface area contributed by atoms with Crippen molar-refractivity contribution >= 4 is 6.29 Å². The van der Waals surface area contributed by atoms with Gasteiger partial charge in [-0.1, -0.05) is 12.1 Å². The summed E-state index contributed by atoms with van der Waals surface area (Å²) in [6.07, 6.45) is 0.512. The Morgan fingerprint density at radius 1 is 1.57 bits per heavy atom. The van der Waals surface area contributed by atoms with Crippen LogP contribution in [0, 0.1) is 0 Å². The summed E-state index contributed by atoms with van der Waals surface area (Å²) in [5.41, 5.74) is -0.897. The number of ether oxygens (including phenoxy) is 1. The zero-order valence-corrected chi connectivity index (χ0v) is 8.36. The van der Waals surface area contributed by atoms with Gasteiger partial charge in [0.05, 0.1) is 6.61 Å². The van der Waals surface area contributed by atoms with E-state index in [1.54, 1.807) is 24.3 Å². The zero-order chi connectivity index (χ0) is 10.6. The molecule has 0 aliphatic heterocycles. The highest BCUT2D eigenvalue weighted by atomic mass is 16.5. The predicted molar refractivity (Wildman–Crippen MR) is 53.2 cm³/mol. The van der Waals surface area contributed by atoms with E-state index < -0.39 is 5.60 Å². The molecule has 0 saturated carbocycles. The van der Waals surface area contributed by atoms with Crippen molar-refractivity contribution in [3.63, 3.8) is 0 Å². The summed E-state index contributed by atoms with van der Waals surface area (Å²) < 4.78 is 5.26. The van der Waals surface area contributed by atoms with Gasteiger partial charge in [-0.3, -0.25) is 4.79 Å². The maximum Gasteiger partial charge on any atom is 0.155 e. The van der Waals surface area contributed by atoms with E-state index in [4.69, 9.17) is 4.74 Å². The molecule has 1 aromatic rings. The summed E-state index contributed by atoms with van der Waals surface area (Å²) in [4.78, 5) is 10.6. The van der Waals surface area contributed by atoms with Gasteiger partial charge in [0.2, 0.25) is 0 Å². The maximum absolute atomic E-state index is 10.6. The summed E-state index contributed by atoms with van der Waals surface area (Å²) in [5.74, 6) is 0.659. The van der Waals surface area contributed by atoms with Gasteiger partial charge in [-0.2, -0.15) is 0 Å². The zero-order valence-electron chi connectivity index (χ0n) is 8.36. The number of rotatable bonds is 4. The van der Waals surface area contributed by atoms with E-state index in [0.29, 0.717) is 24.2 Å². The fraction of sp³-hybridized carbons (Fsp3) is 0.364. The lowest BCUT2D eigenvalue weighted by atomic mass is 9.98. The van der Waals surface area contributed by atoms with Crippen LogP contribution in [0.4, 0.5) is 0 Å². The van der Waals surface area contributed by atoms with Crippen LogP contribution in [0.3, 0.4) is 0 Å². The van der Waals surface area contributed by atoms with Gasteiger partial charge in [0.1, 0.15) is 11.4 Å². The van der Waals surface area contributed by atoms with Crippen LogP contribution in [0.25, 0.3) is 0 Å².